The molecule has 1 fully saturated rings. The minimum absolute atomic E-state index is 0.123. The van der Waals surface area contributed by atoms with E-state index in [0.29, 0.717) is 6.10 Å². The highest BCUT2D eigenvalue weighted by atomic mass is 16.6. The second-order valence-electron chi connectivity index (χ2n) is 2.63. The fourth-order valence-corrected chi connectivity index (χ4v) is 0.959. The summed E-state index contributed by atoms with van der Waals surface area (Å²) in [6, 6.07) is 0. The van der Waals surface area contributed by atoms with Crippen LogP contribution in [0, 0.1) is 0 Å². The summed E-state index contributed by atoms with van der Waals surface area (Å²) in [4.78, 5) is 0. The molecule has 0 aliphatic carbocycles. The first-order chi connectivity index (χ1) is 4.33. The molecule has 0 aromatic rings. The molecule has 0 radical (unpaired) electrons. The van der Waals surface area contributed by atoms with E-state index in [1.54, 1.807) is 0 Å². The monoisotopic (exact) mass is 130 g/mol. The van der Waals surface area contributed by atoms with Crippen LogP contribution in [-0.2, 0) is 4.74 Å². The van der Waals surface area contributed by atoms with Gasteiger partial charge in [-0.3, -0.25) is 0 Å². The van der Waals surface area contributed by atoms with Crippen molar-refractivity contribution in [3.63, 3.8) is 0 Å². The van der Waals surface area contributed by atoms with E-state index in [2.05, 4.69) is 6.92 Å². The summed E-state index contributed by atoms with van der Waals surface area (Å²) in [6.07, 6.45) is 3.08. The fraction of sp³-hybridized carbons (Fsp3) is 1.00. The van der Waals surface area contributed by atoms with Crippen LogP contribution in [0.1, 0.15) is 26.2 Å². The van der Waals surface area contributed by atoms with Gasteiger partial charge in [0.15, 0.2) is 0 Å². The van der Waals surface area contributed by atoms with Gasteiger partial charge in [0.25, 0.3) is 0 Å². The average molecular weight is 130 g/mol. The summed E-state index contributed by atoms with van der Waals surface area (Å²) < 4.78 is 4.97. The Morgan fingerprint density at radius 2 is 2.44 bits per heavy atom. The van der Waals surface area contributed by atoms with Crippen LogP contribution in [0.4, 0.5) is 0 Å². The number of hydrogen-bond donors (Lipinski definition) is 1. The van der Waals surface area contributed by atoms with Gasteiger partial charge in [-0.05, 0) is 6.42 Å². The second kappa shape index (κ2) is 3.18. The molecule has 0 spiro atoms. The second-order valence-corrected chi connectivity index (χ2v) is 2.63. The summed E-state index contributed by atoms with van der Waals surface area (Å²) in [5.41, 5.74) is 0. The van der Waals surface area contributed by atoms with Crippen LogP contribution < -0.4 is 0 Å². The Hall–Kier alpha value is -0.0800. The summed E-state index contributed by atoms with van der Waals surface area (Å²) in [6.45, 7) is 2.94. The first-order valence-electron chi connectivity index (χ1n) is 3.62. The Morgan fingerprint density at radius 3 is 2.89 bits per heavy atom. The molecular weight excluding hydrogens is 116 g/mol. The molecule has 2 heteroatoms. The molecular formula is C7H14O2. The largest absolute Gasteiger partial charge is 0.393 e. The fourth-order valence-electron chi connectivity index (χ4n) is 0.959. The maximum absolute atomic E-state index is 9.18. The molecule has 0 saturated carbocycles. The minimum Gasteiger partial charge on any atom is -0.393 e. The third-order valence-corrected chi connectivity index (χ3v) is 1.56. The first kappa shape index (κ1) is 7.03. The van der Waals surface area contributed by atoms with Crippen LogP contribution in [0.3, 0.4) is 0 Å². The SMILES string of the molecule is CCC[C@H](O)C[C@@H]1CO1. The van der Waals surface area contributed by atoms with E-state index in [-0.39, 0.29) is 6.10 Å². The molecule has 0 unspecified atom stereocenters. The lowest BCUT2D eigenvalue weighted by Gasteiger charge is -2.04. The van der Waals surface area contributed by atoms with Crippen LogP contribution in [-0.4, -0.2) is 23.9 Å². The van der Waals surface area contributed by atoms with Gasteiger partial charge in [-0.15, -0.1) is 0 Å². The predicted octanol–water partition coefficient (Wildman–Crippen LogP) is 0.936. The lowest BCUT2D eigenvalue weighted by molar-refractivity contribution is 0.142. The minimum atomic E-state index is -0.123. The van der Waals surface area contributed by atoms with E-state index in [0.717, 1.165) is 25.9 Å². The highest BCUT2D eigenvalue weighted by molar-refractivity contribution is 4.72. The number of aliphatic hydroxyl groups excluding tert-OH is 1. The molecule has 0 amide bonds. The van der Waals surface area contributed by atoms with Gasteiger partial charge in [-0.2, -0.15) is 0 Å². The van der Waals surface area contributed by atoms with Crippen molar-refractivity contribution < 1.29 is 9.84 Å². The van der Waals surface area contributed by atoms with Crippen molar-refractivity contribution in [2.45, 2.75) is 38.4 Å². The molecule has 0 aromatic heterocycles. The van der Waals surface area contributed by atoms with E-state index in [4.69, 9.17) is 4.74 Å². The van der Waals surface area contributed by atoms with E-state index in [9.17, 15) is 5.11 Å². The van der Waals surface area contributed by atoms with Crippen molar-refractivity contribution >= 4 is 0 Å². The van der Waals surface area contributed by atoms with Crippen LogP contribution in [0.5, 0.6) is 0 Å². The average Bonchev–Trinajstić information content (AvgIpc) is 2.50. The van der Waals surface area contributed by atoms with Gasteiger partial charge in [0.2, 0.25) is 0 Å². The van der Waals surface area contributed by atoms with Gasteiger partial charge < -0.3 is 9.84 Å². The molecule has 0 bridgehead atoms. The smallest absolute Gasteiger partial charge is 0.0834 e. The van der Waals surface area contributed by atoms with Crippen molar-refractivity contribution in [1.29, 1.82) is 0 Å². The zero-order valence-corrected chi connectivity index (χ0v) is 5.84. The van der Waals surface area contributed by atoms with Gasteiger partial charge in [0, 0.05) is 6.42 Å². The van der Waals surface area contributed by atoms with Crippen molar-refractivity contribution in [3.8, 4) is 0 Å². The quantitative estimate of drug-likeness (QED) is 0.574. The highest BCUT2D eigenvalue weighted by Crippen LogP contribution is 2.17. The molecule has 2 atom stereocenters. The number of epoxide rings is 1. The summed E-state index contributed by atoms with van der Waals surface area (Å²) in [5.74, 6) is 0. The van der Waals surface area contributed by atoms with E-state index < -0.39 is 0 Å². The highest BCUT2D eigenvalue weighted by Gasteiger charge is 2.24. The third kappa shape index (κ3) is 2.82. The first-order valence-corrected chi connectivity index (χ1v) is 3.62. The van der Waals surface area contributed by atoms with Crippen LogP contribution in [0.2, 0.25) is 0 Å². The van der Waals surface area contributed by atoms with Crippen molar-refractivity contribution in [2.24, 2.45) is 0 Å². The molecule has 1 saturated heterocycles. The predicted molar refractivity (Wildman–Crippen MR) is 35.3 cm³/mol. The molecule has 1 aliphatic rings. The Morgan fingerprint density at radius 1 is 1.78 bits per heavy atom. The molecule has 54 valence electrons. The van der Waals surface area contributed by atoms with Gasteiger partial charge >= 0.3 is 0 Å². The third-order valence-electron chi connectivity index (χ3n) is 1.56. The van der Waals surface area contributed by atoms with Crippen LogP contribution in [0.25, 0.3) is 0 Å². The summed E-state index contributed by atoms with van der Waals surface area (Å²) in [7, 11) is 0. The van der Waals surface area contributed by atoms with Gasteiger partial charge in [0.05, 0.1) is 18.8 Å². The van der Waals surface area contributed by atoms with Gasteiger partial charge in [-0.1, -0.05) is 13.3 Å². The zero-order valence-electron chi connectivity index (χ0n) is 5.84. The Balaban J connectivity index is 1.95. The molecule has 0 aromatic carbocycles. The Labute approximate surface area is 55.8 Å². The van der Waals surface area contributed by atoms with E-state index in [1.165, 1.54) is 0 Å². The van der Waals surface area contributed by atoms with E-state index >= 15 is 0 Å². The van der Waals surface area contributed by atoms with E-state index in [1.807, 2.05) is 0 Å². The standard InChI is InChI=1S/C7H14O2/c1-2-3-6(8)4-7-5-9-7/h6-8H,2-5H2,1H3/t6-,7+/m0/s1. The Kier molecular flexibility index (Phi) is 2.49. The van der Waals surface area contributed by atoms with Gasteiger partial charge in [0.1, 0.15) is 0 Å². The normalized spacial score (nSPS) is 28.0. The van der Waals surface area contributed by atoms with Crippen LogP contribution >= 0.6 is 0 Å². The molecule has 1 rings (SSSR count). The Bertz CT molecular complexity index is 79.0. The molecule has 2 nitrogen and oxygen atoms in total. The maximum Gasteiger partial charge on any atom is 0.0834 e. The topological polar surface area (TPSA) is 32.8 Å². The lowest BCUT2D eigenvalue weighted by Crippen LogP contribution is -2.08. The molecule has 1 aliphatic heterocycles. The van der Waals surface area contributed by atoms with Crippen molar-refractivity contribution in [1.82, 2.24) is 0 Å². The van der Waals surface area contributed by atoms with Crippen molar-refractivity contribution in [3.05, 3.63) is 0 Å². The molecule has 1 N–H and O–H groups in total. The summed E-state index contributed by atoms with van der Waals surface area (Å²) in [5, 5.41) is 9.18. The lowest BCUT2D eigenvalue weighted by atomic mass is 10.1. The number of rotatable bonds is 4. The van der Waals surface area contributed by atoms with Crippen LogP contribution in [0.15, 0.2) is 0 Å². The maximum atomic E-state index is 9.18. The summed E-state index contributed by atoms with van der Waals surface area (Å²) >= 11 is 0. The number of hydrogen-bond acceptors (Lipinski definition) is 2. The zero-order chi connectivity index (χ0) is 6.69. The molecule has 9 heavy (non-hydrogen) atoms. The number of ether oxygens (including phenoxy) is 1. The van der Waals surface area contributed by atoms with Crippen molar-refractivity contribution in [2.75, 3.05) is 6.61 Å². The molecule has 1 heterocycles. The van der Waals surface area contributed by atoms with Gasteiger partial charge in [-0.25, -0.2) is 0 Å². The number of aliphatic hydroxyl groups is 1.